The molecule has 0 radical (unpaired) electrons. The number of nitrogens with zero attached hydrogens (tertiary/aromatic N) is 2. The number of rotatable bonds is 8. The first kappa shape index (κ1) is 25.5. The zero-order valence-electron chi connectivity index (χ0n) is 18.5. The standard InChI is InChI=1S/C24H33FN4O.HI/c1-26-24(28-16-21-10-11-23(25)22(14-21)18-30-2)27-15-19-6-8-20(9-7-19)17-29-12-4-3-5-13-29;/h6-11,14H,3-5,12-13,15-18H2,1-2H3,(H2,26,27,28);1H. The van der Waals surface area contributed by atoms with E-state index in [1.807, 2.05) is 6.07 Å². The number of nitrogens with one attached hydrogen (secondary N) is 2. The van der Waals surface area contributed by atoms with Gasteiger partial charge in [0.2, 0.25) is 0 Å². The van der Waals surface area contributed by atoms with E-state index in [2.05, 4.69) is 44.8 Å². The van der Waals surface area contributed by atoms with Gasteiger partial charge in [0.25, 0.3) is 0 Å². The van der Waals surface area contributed by atoms with Crippen LogP contribution in [0.15, 0.2) is 47.5 Å². The Labute approximate surface area is 202 Å². The predicted octanol–water partition coefficient (Wildman–Crippen LogP) is 4.44. The summed E-state index contributed by atoms with van der Waals surface area (Å²) in [5, 5.41) is 6.62. The molecule has 7 heteroatoms. The van der Waals surface area contributed by atoms with Gasteiger partial charge in [-0.3, -0.25) is 9.89 Å². The number of aliphatic imine (C=N–C) groups is 1. The Morgan fingerprint density at radius 1 is 0.968 bits per heavy atom. The first-order valence-corrected chi connectivity index (χ1v) is 10.7. The molecule has 1 aliphatic rings. The Morgan fingerprint density at radius 3 is 2.23 bits per heavy atom. The summed E-state index contributed by atoms with van der Waals surface area (Å²) in [6.07, 6.45) is 4.01. The molecule has 5 nitrogen and oxygen atoms in total. The lowest BCUT2D eigenvalue weighted by atomic mass is 10.1. The lowest BCUT2D eigenvalue weighted by molar-refractivity contribution is 0.181. The van der Waals surface area contributed by atoms with Gasteiger partial charge >= 0.3 is 0 Å². The molecule has 0 spiro atoms. The Kier molecular flexibility index (Phi) is 11.2. The zero-order valence-corrected chi connectivity index (χ0v) is 20.8. The first-order chi connectivity index (χ1) is 14.7. The summed E-state index contributed by atoms with van der Waals surface area (Å²) in [5.41, 5.74) is 4.12. The van der Waals surface area contributed by atoms with Crippen LogP contribution in [0, 0.1) is 5.82 Å². The summed E-state index contributed by atoms with van der Waals surface area (Å²) in [5.74, 6) is 0.469. The molecule has 0 unspecified atom stereocenters. The van der Waals surface area contributed by atoms with Crippen molar-refractivity contribution in [2.75, 3.05) is 27.2 Å². The maximum absolute atomic E-state index is 13.8. The molecular formula is C24H34FIN4O. The van der Waals surface area contributed by atoms with E-state index in [0.717, 1.165) is 12.1 Å². The molecule has 0 saturated carbocycles. The number of hydrogen-bond donors (Lipinski definition) is 2. The van der Waals surface area contributed by atoms with E-state index in [-0.39, 0.29) is 36.4 Å². The van der Waals surface area contributed by atoms with E-state index >= 15 is 0 Å². The normalized spacial score (nSPS) is 14.7. The van der Waals surface area contributed by atoms with Gasteiger partial charge in [-0.25, -0.2) is 4.39 Å². The van der Waals surface area contributed by atoms with Crippen molar-refractivity contribution in [1.29, 1.82) is 0 Å². The summed E-state index contributed by atoms with van der Waals surface area (Å²) >= 11 is 0. The Morgan fingerprint density at radius 2 is 1.58 bits per heavy atom. The zero-order chi connectivity index (χ0) is 21.2. The Hall–Kier alpha value is -1.71. The molecule has 3 rings (SSSR count). The second-order valence-corrected chi connectivity index (χ2v) is 7.79. The van der Waals surface area contributed by atoms with Crippen LogP contribution in [-0.4, -0.2) is 38.1 Å². The van der Waals surface area contributed by atoms with Crippen LogP contribution in [-0.2, 0) is 31.0 Å². The quantitative estimate of drug-likeness (QED) is 0.296. The average Bonchev–Trinajstić information content (AvgIpc) is 2.78. The topological polar surface area (TPSA) is 48.9 Å². The van der Waals surface area contributed by atoms with Crippen LogP contribution >= 0.6 is 24.0 Å². The number of halogens is 2. The molecule has 2 N–H and O–H groups in total. The summed E-state index contributed by atoms with van der Waals surface area (Å²) in [6, 6.07) is 13.9. The van der Waals surface area contributed by atoms with Crippen molar-refractivity contribution in [3.63, 3.8) is 0 Å². The van der Waals surface area contributed by atoms with E-state index in [1.54, 1.807) is 20.2 Å². The lowest BCUT2D eigenvalue weighted by Gasteiger charge is -2.26. The van der Waals surface area contributed by atoms with Crippen molar-refractivity contribution in [3.05, 3.63) is 70.5 Å². The molecule has 0 atom stereocenters. The number of piperidine rings is 1. The molecule has 170 valence electrons. The second kappa shape index (κ2) is 13.6. The molecule has 31 heavy (non-hydrogen) atoms. The third-order valence-electron chi connectivity index (χ3n) is 5.43. The van der Waals surface area contributed by atoms with Crippen LogP contribution in [0.25, 0.3) is 0 Å². The highest BCUT2D eigenvalue weighted by molar-refractivity contribution is 14.0. The molecule has 2 aromatic rings. The molecule has 1 heterocycles. The van der Waals surface area contributed by atoms with Crippen LogP contribution in [0.1, 0.15) is 41.5 Å². The Bertz CT molecular complexity index is 823. The smallest absolute Gasteiger partial charge is 0.191 e. The van der Waals surface area contributed by atoms with Gasteiger partial charge < -0.3 is 15.4 Å². The summed E-state index contributed by atoms with van der Waals surface area (Å²) in [6.45, 7) is 4.99. The van der Waals surface area contributed by atoms with Crippen molar-refractivity contribution in [2.45, 2.75) is 45.5 Å². The number of likely N-dealkylation sites (tertiary alicyclic amines) is 1. The molecular weight excluding hydrogens is 506 g/mol. The number of benzene rings is 2. The van der Waals surface area contributed by atoms with E-state index in [4.69, 9.17) is 4.74 Å². The molecule has 0 amide bonds. The van der Waals surface area contributed by atoms with Gasteiger partial charge in [0.1, 0.15) is 5.82 Å². The Balaban J connectivity index is 0.00000341. The van der Waals surface area contributed by atoms with Gasteiger partial charge in [-0.2, -0.15) is 0 Å². The van der Waals surface area contributed by atoms with Crippen molar-refractivity contribution in [1.82, 2.24) is 15.5 Å². The van der Waals surface area contributed by atoms with Crippen LogP contribution in [0.3, 0.4) is 0 Å². The number of hydrogen-bond acceptors (Lipinski definition) is 3. The van der Waals surface area contributed by atoms with Gasteiger partial charge in [0.15, 0.2) is 5.96 Å². The first-order valence-electron chi connectivity index (χ1n) is 10.7. The number of methoxy groups -OCH3 is 1. The summed E-state index contributed by atoms with van der Waals surface area (Å²) in [4.78, 5) is 6.82. The summed E-state index contributed by atoms with van der Waals surface area (Å²) < 4.78 is 18.8. The van der Waals surface area contributed by atoms with Gasteiger partial charge in [-0.05, 0) is 54.8 Å². The largest absolute Gasteiger partial charge is 0.380 e. The monoisotopic (exact) mass is 540 g/mol. The van der Waals surface area contributed by atoms with Crippen molar-refractivity contribution < 1.29 is 9.13 Å². The van der Waals surface area contributed by atoms with Crippen molar-refractivity contribution in [2.24, 2.45) is 4.99 Å². The fourth-order valence-corrected chi connectivity index (χ4v) is 3.73. The molecule has 0 bridgehead atoms. The van der Waals surface area contributed by atoms with Crippen LogP contribution in [0.2, 0.25) is 0 Å². The maximum atomic E-state index is 13.8. The van der Waals surface area contributed by atoms with E-state index in [0.29, 0.717) is 24.6 Å². The molecule has 1 aliphatic heterocycles. The van der Waals surface area contributed by atoms with Crippen LogP contribution < -0.4 is 10.6 Å². The predicted molar refractivity (Wildman–Crippen MR) is 135 cm³/mol. The third kappa shape index (κ3) is 8.38. The van der Waals surface area contributed by atoms with E-state index in [9.17, 15) is 4.39 Å². The fraction of sp³-hybridized carbons (Fsp3) is 0.458. The second-order valence-electron chi connectivity index (χ2n) is 7.79. The fourth-order valence-electron chi connectivity index (χ4n) is 3.73. The minimum absolute atomic E-state index is 0. The molecule has 1 saturated heterocycles. The number of guanidine groups is 1. The van der Waals surface area contributed by atoms with Crippen LogP contribution in [0.5, 0.6) is 0 Å². The molecule has 2 aromatic carbocycles. The maximum Gasteiger partial charge on any atom is 0.191 e. The van der Waals surface area contributed by atoms with E-state index < -0.39 is 0 Å². The van der Waals surface area contributed by atoms with Gasteiger partial charge in [0.05, 0.1) is 6.61 Å². The highest BCUT2D eigenvalue weighted by atomic mass is 127. The SMILES string of the molecule is CN=C(NCc1ccc(CN2CCCCC2)cc1)NCc1ccc(F)c(COC)c1.I. The summed E-state index contributed by atoms with van der Waals surface area (Å²) in [7, 11) is 3.31. The van der Waals surface area contributed by atoms with Crippen molar-refractivity contribution in [3.8, 4) is 0 Å². The highest BCUT2D eigenvalue weighted by Crippen LogP contribution is 2.14. The van der Waals surface area contributed by atoms with Gasteiger partial charge in [0, 0.05) is 39.4 Å². The highest BCUT2D eigenvalue weighted by Gasteiger charge is 2.10. The third-order valence-corrected chi connectivity index (χ3v) is 5.43. The molecule has 0 aliphatic carbocycles. The van der Waals surface area contributed by atoms with Crippen molar-refractivity contribution >= 4 is 29.9 Å². The minimum Gasteiger partial charge on any atom is -0.380 e. The minimum atomic E-state index is -0.244. The molecule has 0 aromatic heterocycles. The van der Waals surface area contributed by atoms with Gasteiger partial charge in [-0.1, -0.05) is 36.8 Å². The number of ether oxygens (including phenoxy) is 1. The van der Waals surface area contributed by atoms with Gasteiger partial charge in [-0.15, -0.1) is 24.0 Å². The lowest BCUT2D eigenvalue weighted by Crippen LogP contribution is -2.36. The molecule has 1 fully saturated rings. The average molecular weight is 540 g/mol. The van der Waals surface area contributed by atoms with E-state index in [1.165, 1.54) is 49.5 Å². The van der Waals surface area contributed by atoms with Crippen LogP contribution in [0.4, 0.5) is 4.39 Å².